The Hall–Kier alpha value is -3.17. The van der Waals surface area contributed by atoms with E-state index in [9.17, 15) is 9.59 Å². The van der Waals surface area contributed by atoms with Gasteiger partial charge in [0.1, 0.15) is 0 Å². The molecule has 0 aliphatic heterocycles. The van der Waals surface area contributed by atoms with Crippen LogP contribution in [0.25, 0.3) is 10.4 Å². The number of nitrogens with one attached hydrogen (secondary N) is 1. The lowest BCUT2D eigenvalue weighted by molar-refractivity contribution is 0.0944. The van der Waals surface area contributed by atoms with E-state index in [1.165, 1.54) is 16.8 Å². The second-order valence-corrected chi connectivity index (χ2v) is 5.45. The number of halogens is 1. The van der Waals surface area contributed by atoms with E-state index in [-0.39, 0.29) is 12.2 Å². The molecule has 1 aromatic carbocycles. The fourth-order valence-corrected chi connectivity index (χ4v) is 2.30. The van der Waals surface area contributed by atoms with Gasteiger partial charge in [-0.05, 0) is 23.8 Å². The summed E-state index contributed by atoms with van der Waals surface area (Å²) in [6.45, 7) is 7.26. The third-order valence-electron chi connectivity index (χ3n) is 3.42. The maximum absolute atomic E-state index is 12.4. The van der Waals surface area contributed by atoms with Gasteiger partial charge in [0.05, 0.1) is 18.3 Å². The molecule has 6 nitrogen and oxygen atoms in total. The smallest absolute Gasteiger partial charge is 0.285 e. The summed E-state index contributed by atoms with van der Waals surface area (Å²) >= 11 is 5.81. The zero-order valence-electron chi connectivity index (χ0n) is 12.4. The highest BCUT2D eigenvalue weighted by atomic mass is 35.5. The molecular formula is C17H11ClN4O2. The molecule has 0 spiro atoms. The third-order valence-corrected chi connectivity index (χ3v) is 3.67. The molecule has 3 rings (SSSR count). The number of hydrogen-bond acceptors (Lipinski definition) is 3. The Bertz CT molecular complexity index is 1020. The predicted octanol–water partition coefficient (Wildman–Crippen LogP) is 2.83. The van der Waals surface area contributed by atoms with E-state index in [1.807, 2.05) is 0 Å². The molecule has 0 aliphatic carbocycles. The van der Waals surface area contributed by atoms with Gasteiger partial charge in [0.2, 0.25) is 5.69 Å². The number of rotatable bonds is 3. The van der Waals surface area contributed by atoms with Crippen LogP contribution in [-0.2, 0) is 6.54 Å². The lowest BCUT2D eigenvalue weighted by Gasteiger charge is -2.06. The molecule has 0 aliphatic rings. The molecule has 2 aromatic heterocycles. The highest BCUT2D eigenvalue weighted by molar-refractivity contribution is 6.30. The molecule has 0 saturated carbocycles. The lowest BCUT2D eigenvalue weighted by Crippen LogP contribution is -2.32. The summed E-state index contributed by atoms with van der Waals surface area (Å²) in [6, 6.07) is 10.2. The number of amides is 1. The maximum Gasteiger partial charge on any atom is 0.285 e. The number of hydrogen-bond donors (Lipinski definition) is 1. The van der Waals surface area contributed by atoms with Crippen molar-refractivity contribution in [2.24, 2.45) is 0 Å². The lowest BCUT2D eigenvalue weighted by atomic mass is 10.2. The van der Waals surface area contributed by atoms with E-state index in [0.29, 0.717) is 16.2 Å². The average Bonchev–Trinajstić information content (AvgIpc) is 2.61. The minimum Gasteiger partial charge on any atom is -0.346 e. The predicted molar refractivity (Wildman–Crippen MR) is 90.3 cm³/mol. The van der Waals surface area contributed by atoms with E-state index in [0.717, 1.165) is 5.56 Å². The molecule has 0 fully saturated rings. The molecule has 0 atom stereocenters. The van der Waals surface area contributed by atoms with E-state index < -0.39 is 11.5 Å². The summed E-state index contributed by atoms with van der Waals surface area (Å²) in [5.74, 6) is -0.572. The van der Waals surface area contributed by atoms with E-state index in [1.54, 1.807) is 36.4 Å². The van der Waals surface area contributed by atoms with Crippen molar-refractivity contribution in [3.8, 4) is 0 Å². The Morgan fingerprint density at radius 2 is 2.00 bits per heavy atom. The van der Waals surface area contributed by atoms with Gasteiger partial charge in [-0.15, -0.1) is 0 Å². The van der Waals surface area contributed by atoms with Gasteiger partial charge < -0.3 is 5.32 Å². The average molecular weight is 339 g/mol. The molecule has 1 amide bonds. The fraction of sp³-hybridized carbons (Fsp3) is 0.0588. The Balaban J connectivity index is 1.87. The minimum atomic E-state index is -0.572. The number of aromatic nitrogens is 2. The first-order valence-corrected chi connectivity index (χ1v) is 7.38. The molecule has 3 aromatic rings. The second kappa shape index (κ2) is 6.52. The van der Waals surface area contributed by atoms with Crippen molar-refractivity contribution in [2.75, 3.05) is 0 Å². The van der Waals surface area contributed by atoms with Crippen LogP contribution in [0.4, 0.5) is 5.69 Å². The van der Waals surface area contributed by atoms with Crippen LogP contribution in [0.5, 0.6) is 0 Å². The first-order valence-electron chi connectivity index (χ1n) is 7.00. The van der Waals surface area contributed by atoms with Crippen LogP contribution in [0, 0.1) is 6.57 Å². The van der Waals surface area contributed by atoms with Crippen LogP contribution in [0.1, 0.15) is 16.1 Å². The Morgan fingerprint density at radius 1 is 1.25 bits per heavy atom. The number of carbonyl (C=O) groups excluding carboxylic acids is 1. The standard InChI is InChI=1S/C17H11ClN4O2/c1-19-13-6-7-14-9-20-15(17(24)22(14)10-13)16(23)21-8-11-2-4-12(18)5-3-11/h2-7,9-10H,8H2,(H,21,23). The van der Waals surface area contributed by atoms with Crippen molar-refractivity contribution in [3.05, 3.63) is 86.8 Å². The minimum absolute atomic E-state index is 0.219. The number of fused-ring (bicyclic) bond motifs is 1. The molecule has 0 unspecified atom stereocenters. The monoisotopic (exact) mass is 338 g/mol. The molecule has 1 N–H and O–H groups in total. The van der Waals surface area contributed by atoms with Crippen LogP contribution in [0.2, 0.25) is 5.02 Å². The zero-order chi connectivity index (χ0) is 17.1. The summed E-state index contributed by atoms with van der Waals surface area (Å²) in [4.78, 5) is 31.9. The van der Waals surface area contributed by atoms with Gasteiger partial charge in [-0.1, -0.05) is 29.8 Å². The quantitative estimate of drug-likeness (QED) is 0.747. The van der Waals surface area contributed by atoms with Crippen molar-refractivity contribution in [1.82, 2.24) is 14.7 Å². The summed E-state index contributed by atoms with van der Waals surface area (Å²) in [5.41, 5.74) is 0.893. The summed E-state index contributed by atoms with van der Waals surface area (Å²) in [7, 11) is 0. The first kappa shape index (κ1) is 15.7. The van der Waals surface area contributed by atoms with Crippen molar-refractivity contribution in [2.45, 2.75) is 6.54 Å². The van der Waals surface area contributed by atoms with Gasteiger partial charge in [0.15, 0.2) is 5.69 Å². The summed E-state index contributed by atoms with van der Waals surface area (Å²) < 4.78 is 1.25. The third kappa shape index (κ3) is 3.12. The SMILES string of the molecule is [C-]#[N+]c1ccc2cnc(C(=O)NCc3ccc(Cl)cc3)c(=O)n2c1. The van der Waals surface area contributed by atoms with Crippen LogP contribution in [0.15, 0.2) is 53.6 Å². The van der Waals surface area contributed by atoms with Gasteiger partial charge >= 0.3 is 0 Å². The summed E-state index contributed by atoms with van der Waals surface area (Å²) in [6.07, 6.45) is 2.81. The van der Waals surface area contributed by atoms with Crippen LogP contribution >= 0.6 is 11.6 Å². The van der Waals surface area contributed by atoms with Crippen molar-refractivity contribution < 1.29 is 4.79 Å². The molecular weight excluding hydrogens is 328 g/mol. The fourth-order valence-electron chi connectivity index (χ4n) is 2.17. The van der Waals surface area contributed by atoms with E-state index in [2.05, 4.69) is 15.1 Å². The van der Waals surface area contributed by atoms with E-state index >= 15 is 0 Å². The molecule has 24 heavy (non-hydrogen) atoms. The molecule has 0 radical (unpaired) electrons. The van der Waals surface area contributed by atoms with Crippen LogP contribution in [-0.4, -0.2) is 15.3 Å². The van der Waals surface area contributed by atoms with Crippen molar-refractivity contribution >= 4 is 28.7 Å². The Labute approximate surface area is 142 Å². The largest absolute Gasteiger partial charge is 0.346 e. The van der Waals surface area contributed by atoms with Gasteiger partial charge in [0.25, 0.3) is 11.5 Å². The van der Waals surface area contributed by atoms with E-state index in [4.69, 9.17) is 18.2 Å². The molecule has 7 heteroatoms. The number of pyridine rings is 1. The Kier molecular flexibility index (Phi) is 4.27. The topological polar surface area (TPSA) is 67.8 Å². The van der Waals surface area contributed by atoms with Crippen molar-refractivity contribution in [1.29, 1.82) is 0 Å². The van der Waals surface area contributed by atoms with Gasteiger partial charge in [-0.25, -0.2) is 9.83 Å². The van der Waals surface area contributed by atoms with Gasteiger partial charge in [-0.2, -0.15) is 0 Å². The Morgan fingerprint density at radius 3 is 2.71 bits per heavy atom. The highest BCUT2D eigenvalue weighted by Crippen LogP contribution is 2.12. The normalized spacial score (nSPS) is 10.3. The van der Waals surface area contributed by atoms with Gasteiger partial charge in [-0.3, -0.25) is 14.0 Å². The second-order valence-electron chi connectivity index (χ2n) is 5.02. The number of benzene rings is 1. The van der Waals surface area contributed by atoms with Gasteiger partial charge in [0, 0.05) is 17.8 Å². The van der Waals surface area contributed by atoms with Crippen LogP contribution < -0.4 is 10.9 Å². The van der Waals surface area contributed by atoms with Crippen molar-refractivity contribution in [3.63, 3.8) is 0 Å². The summed E-state index contributed by atoms with van der Waals surface area (Å²) in [5, 5.41) is 3.26. The molecule has 0 bridgehead atoms. The highest BCUT2D eigenvalue weighted by Gasteiger charge is 2.14. The molecule has 2 heterocycles. The molecule has 118 valence electrons. The zero-order valence-corrected chi connectivity index (χ0v) is 13.1. The molecule has 0 saturated heterocycles. The first-order chi connectivity index (χ1) is 11.6. The maximum atomic E-state index is 12.4. The van der Waals surface area contributed by atoms with Crippen LogP contribution in [0.3, 0.4) is 0 Å². The number of nitrogens with zero attached hydrogens (tertiary/aromatic N) is 3. The number of carbonyl (C=O) groups is 1.